The summed E-state index contributed by atoms with van der Waals surface area (Å²) in [7, 11) is 0. The molecule has 2 N–H and O–H groups in total. The molecule has 19 heavy (non-hydrogen) atoms. The number of thiocarbonyl (C=S) groups is 1. The molecule has 98 valence electrons. The highest BCUT2D eigenvalue weighted by Gasteiger charge is 2.05. The van der Waals surface area contributed by atoms with E-state index in [1.165, 1.54) is 0 Å². The average Bonchev–Trinajstić information content (AvgIpc) is 2.36. The fourth-order valence-corrected chi connectivity index (χ4v) is 2.13. The molecule has 0 aliphatic carbocycles. The highest BCUT2D eigenvalue weighted by molar-refractivity contribution is 7.80. The van der Waals surface area contributed by atoms with Crippen molar-refractivity contribution in [3.8, 4) is 5.75 Å². The lowest BCUT2D eigenvalue weighted by molar-refractivity contribution is 0.301. The van der Waals surface area contributed by atoms with Crippen molar-refractivity contribution in [2.24, 2.45) is 5.73 Å². The number of nitrogens with two attached hydrogens (primary N) is 1. The van der Waals surface area contributed by atoms with Crippen molar-refractivity contribution in [2.75, 3.05) is 0 Å². The highest BCUT2D eigenvalue weighted by atomic mass is 35.5. The second kappa shape index (κ2) is 5.99. The SMILES string of the molecule is Cc1cccc(COc2ccc(C(N)=S)c(Cl)c2)n1. The largest absolute Gasteiger partial charge is 0.487 e. The molecule has 0 atom stereocenters. The van der Waals surface area contributed by atoms with E-state index in [4.69, 9.17) is 34.3 Å². The summed E-state index contributed by atoms with van der Waals surface area (Å²) in [4.78, 5) is 4.63. The second-order valence-electron chi connectivity index (χ2n) is 4.06. The number of ether oxygens (including phenoxy) is 1. The van der Waals surface area contributed by atoms with Crippen LogP contribution < -0.4 is 10.5 Å². The maximum absolute atomic E-state index is 6.07. The van der Waals surface area contributed by atoms with Gasteiger partial charge in [-0.15, -0.1) is 0 Å². The Balaban J connectivity index is 2.08. The van der Waals surface area contributed by atoms with E-state index in [2.05, 4.69) is 4.98 Å². The summed E-state index contributed by atoms with van der Waals surface area (Å²) >= 11 is 11.0. The van der Waals surface area contributed by atoms with Crippen LogP contribution in [-0.2, 0) is 6.61 Å². The number of benzene rings is 1. The van der Waals surface area contributed by atoms with Crippen molar-refractivity contribution in [1.29, 1.82) is 0 Å². The lowest BCUT2D eigenvalue weighted by Gasteiger charge is -2.08. The first-order valence-electron chi connectivity index (χ1n) is 5.71. The van der Waals surface area contributed by atoms with Crippen molar-refractivity contribution in [1.82, 2.24) is 4.98 Å². The molecule has 0 aliphatic rings. The minimum absolute atomic E-state index is 0.275. The molecular formula is C14H13ClN2OS. The number of hydrogen-bond donors (Lipinski definition) is 1. The number of aromatic nitrogens is 1. The molecule has 0 saturated heterocycles. The molecular weight excluding hydrogens is 280 g/mol. The van der Waals surface area contributed by atoms with Gasteiger partial charge in [-0.25, -0.2) is 0 Å². The quantitative estimate of drug-likeness (QED) is 0.879. The van der Waals surface area contributed by atoms with Gasteiger partial charge in [-0.2, -0.15) is 0 Å². The predicted molar refractivity (Wildman–Crippen MR) is 80.6 cm³/mol. The molecule has 0 radical (unpaired) electrons. The Labute approximate surface area is 122 Å². The zero-order chi connectivity index (χ0) is 13.8. The molecule has 0 amide bonds. The Kier molecular flexibility index (Phi) is 4.35. The van der Waals surface area contributed by atoms with Gasteiger partial charge >= 0.3 is 0 Å². The van der Waals surface area contributed by atoms with Crippen molar-refractivity contribution in [3.63, 3.8) is 0 Å². The molecule has 0 unspecified atom stereocenters. The molecule has 3 nitrogen and oxygen atoms in total. The van der Waals surface area contributed by atoms with Crippen LogP contribution in [-0.4, -0.2) is 9.97 Å². The minimum Gasteiger partial charge on any atom is -0.487 e. The maximum Gasteiger partial charge on any atom is 0.130 e. The third-order valence-corrected chi connectivity index (χ3v) is 3.07. The van der Waals surface area contributed by atoms with E-state index in [1.807, 2.05) is 25.1 Å². The Bertz CT molecular complexity index is 616. The zero-order valence-corrected chi connectivity index (χ0v) is 12.0. The van der Waals surface area contributed by atoms with Crippen molar-refractivity contribution >= 4 is 28.8 Å². The van der Waals surface area contributed by atoms with Gasteiger partial charge in [0.05, 0.1) is 10.7 Å². The fourth-order valence-electron chi connectivity index (χ4n) is 1.62. The summed E-state index contributed by atoms with van der Waals surface area (Å²) in [5.41, 5.74) is 8.02. The number of hydrogen-bond acceptors (Lipinski definition) is 3. The monoisotopic (exact) mass is 292 g/mol. The maximum atomic E-state index is 6.07. The van der Waals surface area contributed by atoms with E-state index >= 15 is 0 Å². The van der Waals surface area contributed by atoms with Crippen LogP contribution in [0, 0.1) is 6.92 Å². The van der Waals surface area contributed by atoms with Crippen LogP contribution in [0.4, 0.5) is 0 Å². The topological polar surface area (TPSA) is 48.1 Å². The van der Waals surface area contributed by atoms with Gasteiger partial charge in [-0.3, -0.25) is 4.98 Å². The third kappa shape index (κ3) is 3.66. The Morgan fingerprint density at radius 3 is 2.79 bits per heavy atom. The molecule has 0 fully saturated rings. The Morgan fingerprint density at radius 1 is 1.37 bits per heavy atom. The molecule has 1 aromatic heterocycles. The van der Waals surface area contributed by atoms with Gasteiger partial charge in [0, 0.05) is 11.3 Å². The van der Waals surface area contributed by atoms with Crippen LogP contribution in [0.2, 0.25) is 5.02 Å². The highest BCUT2D eigenvalue weighted by Crippen LogP contribution is 2.23. The summed E-state index contributed by atoms with van der Waals surface area (Å²) in [5.74, 6) is 0.660. The van der Waals surface area contributed by atoms with Crippen molar-refractivity contribution in [2.45, 2.75) is 13.5 Å². The van der Waals surface area contributed by atoms with Crippen LogP contribution in [0.5, 0.6) is 5.75 Å². The van der Waals surface area contributed by atoms with Crippen molar-refractivity contribution in [3.05, 3.63) is 58.4 Å². The fraction of sp³-hybridized carbons (Fsp3) is 0.143. The van der Waals surface area contributed by atoms with E-state index < -0.39 is 0 Å². The van der Waals surface area contributed by atoms with E-state index in [0.717, 1.165) is 11.4 Å². The molecule has 0 spiro atoms. The van der Waals surface area contributed by atoms with Gasteiger partial charge < -0.3 is 10.5 Å². The predicted octanol–water partition coefficient (Wildman–Crippen LogP) is 3.26. The van der Waals surface area contributed by atoms with Crippen LogP contribution >= 0.6 is 23.8 Å². The van der Waals surface area contributed by atoms with Crippen molar-refractivity contribution < 1.29 is 4.74 Å². The average molecular weight is 293 g/mol. The molecule has 1 heterocycles. The summed E-state index contributed by atoms with van der Waals surface area (Å²) < 4.78 is 5.63. The van der Waals surface area contributed by atoms with Crippen LogP contribution in [0.15, 0.2) is 36.4 Å². The second-order valence-corrected chi connectivity index (χ2v) is 4.91. The molecule has 0 bridgehead atoms. The zero-order valence-electron chi connectivity index (χ0n) is 10.4. The van der Waals surface area contributed by atoms with Crippen LogP contribution in [0.3, 0.4) is 0 Å². The Hall–Kier alpha value is -1.65. The molecule has 0 saturated carbocycles. The lowest BCUT2D eigenvalue weighted by atomic mass is 10.2. The van der Waals surface area contributed by atoms with E-state index in [0.29, 0.717) is 22.9 Å². The van der Waals surface area contributed by atoms with Gasteiger partial charge in [-0.05, 0) is 37.3 Å². The number of pyridine rings is 1. The number of halogens is 1. The summed E-state index contributed by atoms with van der Waals surface area (Å²) in [6.45, 7) is 2.34. The standard InChI is InChI=1S/C14H13ClN2OS/c1-9-3-2-4-10(17-9)8-18-11-5-6-12(14(16)19)13(15)7-11/h2-7H,8H2,1H3,(H2,16,19). The Morgan fingerprint density at radius 2 is 2.16 bits per heavy atom. The summed E-state index contributed by atoms with van der Waals surface area (Å²) in [5, 5.41) is 0.488. The van der Waals surface area contributed by atoms with Crippen LogP contribution in [0.1, 0.15) is 17.0 Å². The molecule has 5 heteroatoms. The van der Waals surface area contributed by atoms with Gasteiger partial charge in [0.15, 0.2) is 0 Å². The van der Waals surface area contributed by atoms with Gasteiger partial charge in [0.2, 0.25) is 0 Å². The first-order chi connectivity index (χ1) is 9.06. The number of aryl methyl sites for hydroxylation is 1. The smallest absolute Gasteiger partial charge is 0.130 e. The van der Waals surface area contributed by atoms with Gasteiger partial charge in [-0.1, -0.05) is 29.9 Å². The van der Waals surface area contributed by atoms with Gasteiger partial charge in [0.25, 0.3) is 0 Å². The molecule has 1 aromatic carbocycles. The molecule has 2 rings (SSSR count). The van der Waals surface area contributed by atoms with Gasteiger partial charge in [0.1, 0.15) is 17.3 Å². The normalized spacial score (nSPS) is 10.2. The first-order valence-corrected chi connectivity index (χ1v) is 6.49. The van der Waals surface area contributed by atoms with E-state index in [9.17, 15) is 0 Å². The molecule has 0 aliphatic heterocycles. The van der Waals surface area contributed by atoms with E-state index in [-0.39, 0.29) is 4.99 Å². The number of rotatable bonds is 4. The van der Waals surface area contributed by atoms with Crippen LogP contribution in [0.25, 0.3) is 0 Å². The summed E-state index contributed by atoms with van der Waals surface area (Å²) in [6, 6.07) is 11.0. The van der Waals surface area contributed by atoms with E-state index in [1.54, 1.807) is 18.2 Å². The molecule has 2 aromatic rings. The first kappa shape index (κ1) is 13.8. The lowest BCUT2D eigenvalue weighted by Crippen LogP contribution is -2.10. The minimum atomic E-state index is 0.275. The number of nitrogens with zero attached hydrogens (tertiary/aromatic N) is 1. The third-order valence-electron chi connectivity index (χ3n) is 2.54. The summed E-state index contributed by atoms with van der Waals surface area (Å²) in [6.07, 6.45) is 0.